The van der Waals surface area contributed by atoms with Crippen molar-refractivity contribution < 1.29 is 0 Å². The summed E-state index contributed by atoms with van der Waals surface area (Å²) in [5.41, 5.74) is 1.15. The summed E-state index contributed by atoms with van der Waals surface area (Å²) in [4.78, 5) is 5.77. The fourth-order valence-corrected chi connectivity index (χ4v) is 2.38. The minimum absolute atomic E-state index is 0.574. The molecule has 1 unspecified atom stereocenters. The van der Waals surface area contributed by atoms with Gasteiger partial charge in [0.05, 0.1) is 5.69 Å². The SMILES string of the molecule is Cc1nc(NC2CCNC2)sc1C. The Morgan fingerprint density at radius 2 is 2.38 bits per heavy atom. The molecule has 1 aromatic heterocycles. The molecule has 1 aliphatic heterocycles. The zero-order valence-electron chi connectivity index (χ0n) is 8.05. The van der Waals surface area contributed by atoms with Crippen molar-refractivity contribution in [2.24, 2.45) is 0 Å². The summed E-state index contributed by atoms with van der Waals surface area (Å²) in [5, 5.41) is 7.85. The van der Waals surface area contributed by atoms with Gasteiger partial charge >= 0.3 is 0 Å². The van der Waals surface area contributed by atoms with Crippen molar-refractivity contribution in [2.75, 3.05) is 18.4 Å². The average molecular weight is 197 g/mol. The first-order valence-corrected chi connectivity index (χ1v) is 5.48. The number of nitrogens with zero attached hydrogens (tertiary/aromatic N) is 1. The molecule has 1 fully saturated rings. The molecule has 0 spiro atoms. The maximum Gasteiger partial charge on any atom is 0.183 e. The van der Waals surface area contributed by atoms with Crippen LogP contribution in [0.3, 0.4) is 0 Å². The van der Waals surface area contributed by atoms with Crippen molar-refractivity contribution in [3.63, 3.8) is 0 Å². The van der Waals surface area contributed by atoms with Crippen LogP contribution in [0.15, 0.2) is 0 Å². The van der Waals surface area contributed by atoms with Gasteiger partial charge in [0, 0.05) is 17.5 Å². The summed E-state index contributed by atoms with van der Waals surface area (Å²) < 4.78 is 0. The lowest BCUT2D eigenvalue weighted by Gasteiger charge is -2.08. The van der Waals surface area contributed by atoms with E-state index < -0.39 is 0 Å². The van der Waals surface area contributed by atoms with Crippen LogP contribution in [0, 0.1) is 13.8 Å². The van der Waals surface area contributed by atoms with Gasteiger partial charge in [-0.25, -0.2) is 4.98 Å². The predicted molar refractivity (Wildman–Crippen MR) is 56.5 cm³/mol. The Balaban J connectivity index is 2.00. The van der Waals surface area contributed by atoms with Crippen molar-refractivity contribution >= 4 is 16.5 Å². The van der Waals surface area contributed by atoms with Crippen molar-refractivity contribution in [3.05, 3.63) is 10.6 Å². The minimum Gasteiger partial charge on any atom is -0.357 e. The lowest BCUT2D eigenvalue weighted by molar-refractivity contribution is 0.791. The van der Waals surface area contributed by atoms with Crippen LogP contribution in [0.4, 0.5) is 5.13 Å². The second-order valence-electron chi connectivity index (χ2n) is 3.49. The molecule has 3 nitrogen and oxygen atoms in total. The smallest absolute Gasteiger partial charge is 0.183 e. The Morgan fingerprint density at radius 3 is 2.92 bits per heavy atom. The molecule has 4 heteroatoms. The monoisotopic (exact) mass is 197 g/mol. The van der Waals surface area contributed by atoms with Gasteiger partial charge in [-0.2, -0.15) is 0 Å². The summed E-state index contributed by atoms with van der Waals surface area (Å²) >= 11 is 1.75. The molecule has 2 rings (SSSR count). The van der Waals surface area contributed by atoms with E-state index in [1.54, 1.807) is 11.3 Å². The van der Waals surface area contributed by atoms with Gasteiger partial charge in [-0.1, -0.05) is 0 Å². The average Bonchev–Trinajstić information content (AvgIpc) is 2.64. The molecule has 0 amide bonds. The van der Waals surface area contributed by atoms with Gasteiger partial charge in [0.15, 0.2) is 5.13 Å². The third-order valence-electron chi connectivity index (χ3n) is 2.42. The van der Waals surface area contributed by atoms with Crippen LogP contribution in [0.25, 0.3) is 0 Å². The van der Waals surface area contributed by atoms with Gasteiger partial charge in [0.25, 0.3) is 0 Å². The zero-order chi connectivity index (χ0) is 9.26. The Bertz CT molecular complexity index is 270. The number of aryl methyl sites for hydroxylation is 2. The van der Waals surface area contributed by atoms with Gasteiger partial charge in [-0.15, -0.1) is 11.3 Å². The fourth-order valence-electron chi connectivity index (χ4n) is 1.49. The molecule has 0 bridgehead atoms. The van der Waals surface area contributed by atoms with Gasteiger partial charge in [-0.3, -0.25) is 0 Å². The minimum atomic E-state index is 0.574. The van der Waals surface area contributed by atoms with Crippen molar-refractivity contribution in [1.29, 1.82) is 0 Å². The lowest BCUT2D eigenvalue weighted by atomic mass is 10.3. The van der Waals surface area contributed by atoms with E-state index in [0.717, 1.165) is 23.9 Å². The first-order chi connectivity index (χ1) is 6.25. The number of hydrogen-bond acceptors (Lipinski definition) is 4. The van der Waals surface area contributed by atoms with Crippen LogP contribution in [0.1, 0.15) is 17.0 Å². The second kappa shape index (κ2) is 3.64. The topological polar surface area (TPSA) is 37.0 Å². The Labute approximate surface area is 82.6 Å². The van der Waals surface area contributed by atoms with Crippen LogP contribution in [-0.4, -0.2) is 24.1 Å². The number of rotatable bonds is 2. The Morgan fingerprint density at radius 1 is 1.54 bits per heavy atom. The highest BCUT2D eigenvalue weighted by Gasteiger charge is 2.15. The van der Waals surface area contributed by atoms with Gasteiger partial charge in [0.1, 0.15) is 0 Å². The van der Waals surface area contributed by atoms with E-state index in [2.05, 4.69) is 29.5 Å². The third-order valence-corrected chi connectivity index (χ3v) is 3.42. The third kappa shape index (κ3) is 2.00. The molecule has 1 atom stereocenters. The Kier molecular flexibility index (Phi) is 2.51. The molecule has 1 aliphatic rings. The van der Waals surface area contributed by atoms with Crippen molar-refractivity contribution in [1.82, 2.24) is 10.3 Å². The number of hydrogen-bond donors (Lipinski definition) is 2. The molecule has 0 aliphatic carbocycles. The first-order valence-electron chi connectivity index (χ1n) is 4.67. The highest BCUT2D eigenvalue weighted by molar-refractivity contribution is 7.15. The van der Waals surface area contributed by atoms with E-state index in [1.165, 1.54) is 11.3 Å². The number of aromatic nitrogens is 1. The van der Waals surface area contributed by atoms with Crippen LogP contribution >= 0.6 is 11.3 Å². The van der Waals surface area contributed by atoms with E-state index in [9.17, 15) is 0 Å². The van der Waals surface area contributed by atoms with Gasteiger partial charge in [0.2, 0.25) is 0 Å². The number of anilines is 1. The van der Waals surface area contributed by atoms with Crippen LogP contribution in [-0.2, 0) is 0 Å². The van der Waals surface area contributed by atoms with Crippen LogP contribution in [0.2, 0.25) is 0 Å². The molecule has 72 valence electrons. The lowest BCUT2D eigenvalue weighted by Crippen LogP contribution is -2.21. The largest absolute Gasteiger partial charge is 0.357 e. The summed E-state index contributed by atoms with van der Waals surface area (Å²) in [6, 6.07) is 0.574. The maximum absolute atomic E-state index is 4.45. The second-order valence-corrected chi connectivity index (χ2v) is 4.70. The molecule has 2 heterocycles. The molecule has 1 aromatic rings. The quantitative estimate of drug-likeness (QED) is 0.755. The van der Waals surface area contributed by atoms with E-state index in [0.29, 0.717) is 6.04 Å². The highest BCUT2D eigenvalue weighted by Crippen LogP contribution is 2.22. The van der Waals surface area contributed by atoms with Gasteiger partial charge in [-0.05, 0) is 26.8 Å². The number of nitrogens with one attached hydrogen (secondary N) is 2. The molecule has 2 N–H and O–H groups in total. The van der Waals surface area contributed by atoms with E-state index >= 15 is 0 Å². The normalized spacial score (nSPS) is 22.2. The highest BCUT2D eigenvalue weighted by atomic mass is 32.1. The predicted octanol–water partition coefficient (Wildman–Crippen LogP) is 1.53. The first kappa shape index (κ1) is 8.97. The molecule has 0 aromatic carbocycles. The zero-order valence-corrected chi connectivity index (χ0v) is 8.87. The molecule has 1 saturated heterocycles. The molecule has 13 heavy (non-hydrogen) atoms. The summed E-state index contributed by atoms with van der Waals surface area (Å²) in [5.74, 6) is 0. The summed E-state index contributed by atoms with van der Waals surface area (Å²) in [7, 11) is 0. The fraction of sp³-hybridized carbons (Fsp3) is 0.667. The molecular weight excluding hydrogens is 182 g/mol. The maximum atomic E-state index is 4.45. The van der Waals surface area contributed by atoms with Crippen molar-refractivity contribution in [3.8, 4) is 0 Å². The number of thiazole rings is 1. The van der Waals surface area contributed by atoms with E-state index in [-0.39, 0.29) is 0 Å². The van der Waals surface area contributed by atoms with Crippen LogP contribution < -0.4 is 10.6 Å². The standard InChI is InChI=1S/C9H15N3S/c1-6-7(2)13-9(11-6)12-8-3-4-10-5-8/h8,10H,3-5H2,1-2H3,(H,11,12). The molecule has 0 radical (unpaired) electrons. The van der Waals surface area contributed by atoms with E-state index in [1.807, 2.05) is 0 Å². The summed E-state index contributed by atoms with van der Waals surface area (Å²) in [6.45, 7) is 6.37. The van der Waals surface area contributed by atoms with E-state index in [4.69, 9.17) is 0 Å². The Hall–Kier alpha value is -0.610. The molecule has 0 saturated carbocycles. The van der Waals surface area contributed by atoms with Crippen molar-refractivity contribution in [2.45, 2.75) is 26.3 Å². The summed E-state index contributed by atoms with van der Waals surface area (Å²) in [6.07, 6.45) is 1.21. The molecular formula is C9H15N3S. The van der Waals surface area contributed by atoms with Gasteiger partial charge < -0.3 is 10.6 Å². The van der Waals surface area contributed by atoms with Crippen LogP contribution in [0.5, 0.6) is 0 Å².